The van der Waals surface area contributed by atoms with Gasteiger partial charge in [0.1, 0.15) is 0 Å². The zero-order chi connectivity index (χ0) is 25.7. The number of esters is 1. The molecule has 3 rings (SSSR count). The van der Waals surface area contributed by atoms with E-state index >= 15 is 0 Å². The molecule has 1 unspecified atom stereocenters. The van der Waals surface area contributed by atoms with E-state index in [1.165, 1.54) is 19.1 Å². The van der Waals surface area contributed by atoms with E-state index in [9.17, 15) is 37.1 Å². The number of imide groups is 1. The molecule has 0 saturated carbocycles. The molecule has 12 heteroatoms. The molecule has 1 aliphatic rings. The Labute approximate surface area is 197 Å². The number of hydrogen-bond donors (Lipinski definition) is 2. The highest BCUT2D eigenvalue weighted by Gasteiger charge is 2.28. The van der Waals surface area contributed by atoms with Gasteiger partial charge in [0.15, 0.2) is 23.6 Å². The largest absolute Gasteiger partial charge is 0.449 e. The lowest BCUT2D eigenvalue weighted by Crippen LogP contribution is -2.40. The summed E-state index contributed by atoms with van der Waals surface area (Å²) in [6, 6.07) is 7.37. The number of likely N-dealkylation sites (tertiary alicyclic amines) is 1. The first-order valence-corrected chi connectivity index (χ1v) is 10.4. The fraction of sp³-hybridized carbons (Fsp3) is 0.261. The summed E-state index contributed by atoms with van der Waals surface area (Å²) in [5.41, 5.74) is 0.128. The summed E-state index contributed by atoms with van der Waals surface area (Å²) < 4.78 is 44.8. The molecule has 2 N–H and O–H groups in total. The van der Waals surface area contributed by atoms with Crippen LogP contribution in [0.3, 0.4) is 0 Å². The molecule has 1 fully saturated rings. The summed E-state index contributed by atoms with van der Waals surface area (Å²) in [5.74, 6) is -7.87. The number of halogens is 3. The van der Waals surface area contributed by atoms with Crippen molar-refractivity contribution in [2.75, 3.05) is 11.9 Å². The number of carbonyl (C=O) groups is 5. The topological polar surface area (TPSA) is 122 Å². The second kappa shape index (κ2) is 10.8. The highest BCUT2D eigenvalue weighted by molar-refractivity contribution is 6.02. The zero-order valence-electron chi connectivity index (χ0n) is 18.4. The van der Waals surface area contributed by atoms with Gasteiger partial charge in [0, 0.05) is 12.8 Å². The van der Waals surface area contributed by atoms with Gasteiger partial charge in [-0.25, -0.2) is 18.0 Å². The number of carbonyl (C=O) groups excluding carboxylic acids is 5. The maximum atomic E-state index is 13.6. The minimum atomic E-state index is -1.75. The molecule has 184 valence electrons. The Balaban J connectivity index is 1.47. The molecule has 0 spiro atoms. The van der Waals surface area contributed by atoms with Crippen molar-refractivity contribution in [2.24, 2.45) is 0 Å². The van der Waals surface area contributed by atoms with Crippen molar-refractivity contribution >= 4 is 35.3 Å². The molecule has 0 aromatic heterocycles. The number of nitrogens with zero attached hydrogens (tertiary/aromatic N) is 1. The molecule has 1 heterocycles. The predicted molar refractivity (Wildman–Crippen MR) is 114 cm³/mol. The lowest BCUT2D eigenvalue weighted by atomic mass is 10.1. The van der Waals surface area contributed by atoms with E-state index in [0.717, 1.165) is 11.0 Å². The van der Waals surface area contributed by atoms with Crippen LogP contribution in [0, 0.1) is 17.5 Å². The van der Waals surface area contributed by atoms with Crippen molar-refractivity contribution in [3.63, 3.8) is 0 Å². The standard InChI is InChI=1S/C23H20F3N3O6/c1-12(22(33)27-10-17(30)28-16-7-6-15(24)20(25)21(16)26)35-23(34)14-4-2-13(3-5-14)11-29-18(31)8-9-19(29)32/h2-7,12H,8-11H2,1H3,(H,27,33)(H,28,30). The van der Waals surface area contributed by atoms with Crippen molar-refractivity contribution in [1.29, 1.82) is 0 Å². The van der Waals surface area contributed by atoms with Crippen LogP contribution in [0.2, 0.25) is 0 Å². The zero-order valence-corrected chi connectivity index (χ0v) is 18.4. The van der Waals surface area contributed by atoms with Gasteiger partial charge in [-0.3, -0.25) is 24.1 Å². The highest BCUT2D eigenvalue weighted by atomic mass is 19.2. The summed E-state index contributed by atoms with van der Waals surface area (Å²) in [6.45, 7) is 0.698. The van der Waals surface area contributed by atoms with E-state index in [1.54, 1.807) is 12.1 Å². The van der Waals surface area contributed by atoms with Gasteiger partial charge in [-0.15, -0.1) is 0 Å². The molecule has 9 nitrogen and oxygen atoms in total. The Hall–Kier alpha value is -4.22. The molecular formula is C23H20F3N3O6. The van der Waals surface area contributed by atoms with Gasteiger partial charge < -0.3 is 15.4 Å². The lowest BCUT2D eigenvalue weighted by Gasteiger charge is -2.15. The molecule has 2 aromatic rings. The Morgan fingerprint density at radius 3 is 2.23 bits per heavy atom. The van der Waals surface area contributed by atoms with E-state index in [-0.39, 0.29) is 36.8 Å². The molecule has 0 bridgehead atoms. The quantitative estimate of drug-likeness (QED) is 0.331. The molecule has 1 atom stereocenters. The maximum absolute atomic E-state index is 13.6. The molecule has 1 saturated heterocycles. The summed E-state index contributed by atoms with van der Waals surface area (Å²) >= 11 is 0. The molecule has 4 amide bonds. The van der Waals surface area contributed by atoms with Crippen molar-refractivity contribution in [3.05, 3.63) is 65.0 Å². The van der Waals surface area contributed by atoms with Crippen LogP contribution >= 0.6 is 0 Å². The third kappa shape index (κ3) is 6.22. The molecular weight excluding hydrogens is 471 g/mol. The van der Waals surface area contributed by atoms with E-state index in [1.807, 2.05) is 5.32 Å². The van der Waals surface area contributed by atoms with Gasteiger partial charge in [0.05, 0.1) is 24.3 Å². The van der Waals surface area contributed by atoms with Crippen LogP contribution in [0.1, 0.15) is 35.7 Å². The summed E-state index contributed by atoms with van der Waals surface area (Å²) in [7, 11) is 0. The van der Waals surface area contributed by atoms with E-state index in [0.29, 0.717) is 11.6 Å². The maximum Gasteiger partial charge on any atom is 0.338 e. The van der Waals surface area contributed by atoms with Crippen LogP contribution in [-0.2, 0) is 30.5 Å². The third-order valence-electron chi connectivity index (χ3n) is 5.07. The van der Waals surface area contributed by atoms with Crippen molar-refractivity contribution < 1.29 is 41.9 Å². The number of nitrogens with one attached hydrogen (secondary N) is 2. The van der Waals surface area contributed by atoms with Crippen LogP contribution in [-0.4, -0.2) is 47.1 Å². The number of ether oxygens (including phenoxy) is 1. The highest BCUT2D eigenvalue weighted by Crippen LogP contribution is 2.19. The van der Waals surface area contributed by atoms with E-state index in [4.69, 9.17) is 4.74 Å². The minimum Gasteiger partial charge on any atom is -0.449 e. The van der Waals surface area contributed by atoms with E-state index < -0.39 is 53.6 Å². The summed E-state index contributed by atoms with van der Waals surface area (Å²) in [6.07, 6.45) is -0.950. The number of amides is 4. The second-order valence-electron chi connectivity index (χ2n) is 7.61. The molecule has 0 radical (unpaired) electrons. The molecule has 35 heavy (non-hydrogen) atoms. The van der Waals surface area contributed by atoms with Gasteiger partial charge in [0.2, 0.25) is 17.7 Å². The first-order chi connectivity index (χ1) is 16.6. The third-order valence-corrected chi connectivity index (χ3v) is 5.07. The fourth-order valence-electron chi connectivity index (χ4n) is 3.14. The van der Waals surface area contributed by atoms with Crippen molar-refractivity contribution in [1.82, 2.24) is 10.2 Å². The second-order valence-corrected chi connectivity index (χ2v) is 7.61. The van der Waals surface area contributed by atoms with Crippen molar-refractivity contribution in [2.45, 2.75) is 32.4 Å². The number of benzene rings is 2. The Kier molecular flexibility index (Phi) is 7.84. The Morgan fingerprint density at radius 1 is 0.971 bits per heavy atom. The van der Waals surface area contributed by atoms with Gasteiger partial charge in [-0.1, -0.05) is 12.1 Å². The first kappa shape index (κ1) is 25.4. The number of rotatable bonds is 8. The van der Waals surface area contributed by atoms with Crippen LogP contribution in [0.15, 0.2) is 36.4 Å². The van der Waals surface area contributed by atoms with Gasteiger partial charge in [0.25, 0.3) is 5.91 Å². The normalized spacial score (nSPS) is 14.0. The van der Waals surface area contributed by atoms with Crippen molar-refractivity contribution in [3.8, 4) is 0 Å². The minimum absolute atomic E-state index is 0.0856. The number of anilines is 1. The monoisotopic (exact) mass is 491 g/mol. The van der Waals surface area contributed by atoms with Crippen LogP contribution in [0.25, 0.3) is 0 Å². The summed E-state index contributed by atoms with van der Waals surface area (Å²) in [4.78, 5) is 60.8. The van der Waals surface area contributed by atoms with Gasteiger partial charge in [-0.05, 0) is 36.8 Å². The van der Waals surface area contributed by atoms with Gasteiger partial charge >= 0.3 is 5.97 Å². The molecule has 0 aliphatic carbocycles. The Morgan fingerprint density at radius 2 is 1.60 bits per heavy atom. The average molecular weight is 491 g/mol. The van der Waals surface area contributed by atoms with Crippen LogP contribution in [0.4, 0.5) is 18.9 Å². The average Bonchev–Trinajstić information content (AvgIpc) is 3.15. The van der Waals surface area contributed by atoms with E-state index in [2.05, 4.69) is 5.32 Å². The van der Waals surface area contributed by atoms with Gasteiger partial charge in [-0.2, -0.15) is 0 Å². The van der Waals surface area contributed by atoms with Crippen LogP contribution < -0.4 is 10.6 Å². The molecule has 2 aromatic carbocycles. The molecule has 1 aliphatic heterocycles. The smallest absolute Gasteiger partial charge is 0.338 e. The number of hydrogen-bond acceptors (Lipinski definition) is 6. The first-order valence-electron chi connectivity index (χ1n) is 10.4. The fourth-order valence-corrected chi connectivity index (χ4v) is 3.14. The SMILES string of the molecule is CC(OC(=O)c1ccc(CN2C(=O)CCC2=O)cc1)C(=O)NCC(=O)Nc1ccc(F)c(F)c1F. The Bertz CT molecular complexity index is 1170. The van der Waals surface area contributed by atoms with Crippen LogP contribution in [0.5, 0.6) is 0 Å². The predicted octanol–water partition coefficient (Wildman–Crippen LogP) is 2.05. The summed E-state index contributed by atoms with van der Waals surface area (Å²) in [5, 5.41) is 4.16. The lowest BCUT2D eigenvalue weighted by molar-refractivity contribution is -0.139.